The number of aromatic amines is 1. The molecule has 1 aliphatic heterocycles. The Balaban J connectivity index is 1.38. The SMILES string of the molecule is CC(=O)N1CCN([C@H]2CCC[C@@H](NC(=O)c3cc4c(F)ccc(C)c4[nH]3)C2)CC1. The Morgan fingerprint density at radius 1 is 1.17 bits per heavy atom. The number of halogens is 1. The zero-order chi connectivity index (χ0) is 20.5. The average Bonchev–Trinajstić information content (AvgIpc) is 3.18. The van der Waals surface area contributed by atoms with Crippen LogP contribution in [0.1, 0.15) is 48.7 Å². The molecule has 6 nitrogen and oxygen atoms in total. The number of amides is 2. The molecule has 7 heteroatoms. The fourth-order valence-corrected chi connectivity index (χ4v) is 4.74. The van der Waals surface area contributed by atoms with Crippen LogP contribution in [0.2, 0.25) is 0 Å². The number of aryl methyl sites for hydroxylation is 1. The Hall–Kier alpha value is -2.41. The van der Waals surface area contributed by atoms with E-state index < -0.39 is 0 Å². The highest BCUT2D eigenvalue weighted by molar-refractivity contribution is 5.99. The van der Waals surface area contributed by atoms with E-state index in [2.05, 4.69) is 15.2 Å². The fraction of sp³-hybridized carbons (Fsp3) is 0.545. The van der Waals surface area contributed by atoms with Gasteiger partial charge in [0.25, 0.3) is 5.91 Å². The van der Waals surface area contributed by atoms with Crippen molar-refractivity contribution < 1.29 is 14.0 Å². The number of nitrogens with one attached hydrogen (secondary N) is 2. The van der Waals surface area contributed by atoms with Crippen LogP contribution in [0.4, 0.5) is 4.39 Å². The van der Waals surface area contributed by atoms with Crippen molar-refractivity contribution in [2.75, 3.05) is 26.2 Å². The number of rotatable bonds is 3. The molecule has 2 aromatic rings. The molecular weight excluding hydrogens is 371 g/mol. The Kier molecular flexibility index (Phi) is 5.58. The van der Waals surface area contributed by atoms with E-state index in [0.717, 1.165) is 57.4 Å². The number of H-pyrrole nitrogens is 1. The van der Waals surface area contributed by atoms with Gasteiger partial charge in [-0.05, 0) is 50.3 Å². The predicted octanol–water partition coefficient (Wildman–Crippen LogP) is 2.82. The van der Waals surface area contributed by atoms with E-state index in [9.17, 15) is 14.0 Å². The number of fused-ring (bicyclic) bond motifs is 1. The maximum Gasteiger partial charge on any atom is 0.267 e. The molecule has 2 atom stereocenters. The second-order valence-electron chi connectivity index (χ2n) is 8.37. The maximum absolute atomic E-state index is 14.1. The molecule has 29 heavy (non-hydrogen) atoms. The first kappa shape index (κ1) is 19.9. The first-order chi connectivity index (χ1) is 13.9. The lowest BCUT2D eigenvalue weighted by Gasteiger charge is -2.42. The molecule has 1 saturated heterocycles. The van der Waals surface area contributed by atoms with Gasteiger partial charge in [-0.2, -0.15) is 0 Å². The van der Waals surface area contributed by atoms with Crippen molar-refractivity contribution in [2.24, 2.45) is 0 Å². The van der Waals surface area contributed by atoms with Gasteiger partial charge in [0.15, 0.2) is 0 Å². The summed E-state index contributed by atoms with van der Waals surface area (Å²) in [5.74, 6) is -0.348. The maximum atomic E-state index is 14.1. The van der Waals surface area contributed by atoms with Crippen molar-refractivity contribution in [3.05, 3.63) is 35.3 Å². The number of carbonyl (C=O) groups excluding carboxylic acids is 2. The number of hydrogen-bond donors (Lipinski definition) is 2. The van der Waals surface area contributed by atoms with Gasteiger partial charge in [0.2, 0.25) is 5.91 Å². The number of hydrogen-bond acceptors (Lipinski definition) is 3. The fourth-order valence-electron chi connectivity index (χ4n) is 4.74. The molecule has 2 amide bonds. The van der Waals surface area contributed by atoms with Crippen LogP contribution in [0.15, 0.2) is 18.2 Å². The molecule has 1 aliphatic carbocycles. The summed E-state index contributed by atoms with van der Waals surface area (Å²) >= 11 is 0. The third-order valence-corrected chi connectivity index (χ3v) is 6.45. The predicted molar refractivity (Wildman–Crippen MR) is 110 cm³/mol. The molecule has 2 fully saturated rings. The molecule has 4 rings (SSSR count). The topological polar surface area (TPSA) is 68.4 Å². The number of nitrogens with zero attached hydrogens (tertiary/aromatic N) is 2. The minimum atomic E-state index is -0.316. The van der Waals surface area contributed by atoms with E-state index in [1.165, 1.54) is 6.07 Å². The number of benzene rings is 1. The van der Waals surface area contributed by atoms with Gasteiger partial charge in [0.05, 0.1) is 5.52 Å². The van der Waals surface area contributed by atoms with Crippen molar-refractivity contribution in [2.45, 2.75) is 51.6 Å². The third-order valence-electron chi connectivity index (χ3n) is 6.45. The Morgan fingerprint density at radius 2 is 1.93 bits per heavy atom. The number of aromatic nitrogens is 1. The van der Waals surface area contributed by atoms with Gasteiger partial charge in [-0.25, -0.2) is 4.39 Å². The molecule has 2 heterocycles. The van der Waals surface area contributed by atoms with Crippen LogP contribution in [-0.4, -0.2) is 64.9 Å². The van der Waals surface area contributed by atoms with Crippen molar-refractivity contribution >= 4 is 22.7 Å². The lowest BCUT2D eigenvalue weighted by atomic mass is 9.89. The highest BCUT2D eigenvalue weighted by atomic mass is 19.1. The van der Waals surface area contributed by atoms with Crippen LogP contribution in [-0.2, 0) is 4.79 Å². The standard InChI is InChI=1S/C22H29FN4O2/c1-14-6-7-19(23)18-13-20(25-21(14)18)22(29)24-16-4-3-5-17(12-16)27-10-8-26(9-11-27)15(2)28/h6-7,13,16-17,25H,3-5,8-12H2,1-2H3,(H,24,29)/t16-,17+/m1/s1. The van der Waals surface area contributed by atoms with E-state index in [1.807, 2.05) is 11.8 Å². The summed E-state index contributed by atoms with van der Waals surface area (Å²) in [6, 6.07) is 5.31. The second kappa shape index (κ2) is 8.14. The number of carbonyl (C=O) groups is 2. The molecule has 0 unspecified atom stereocenters. The van der Waals surface area contributed by atoms with Crippen LogP contribution in [0.5, 0.6) is 0 Å². The minimum Gasteiger partial charge on any atom is -0.350 e. The molecule has 0 bridgehead atoms. The van der Waals surface area contributed by atoms with E-state index in [-0.39, 0.29) is 23.7 Å². The van der Waals surface area contributed by atoms with Gasteiger partial charge < -0.3 is 15.2 Å². The van der Waals surface area contributed by atoms with E-state index in [4.69, 9.17) is 0 Å². The Labute approximate surface area is 170 Å². The molecule has 156 valence electrons. The van der Waals surface area contributed by atoms with Crippen LogP contribution in [0.3, 0.4) is 0 Å². The zero-order valence-electron chi connectivity index (χ0n) is 17.1. The summed E-state index contributed by atoms with van der Waals surface area (Å²) in [5.41, 5.74) is 2.01. The quantitative estimate of drug-likeness (QED) is 0.833. The molecule has 1 aromatic heterocycles. The molecule has 0 radical (unpaired) electrons. The van der Waals surface area contributed by atoms with Crippen molar-refractivity contribution in [3.63, 3.8) is 0 Å². The van der Waals surface area contributed by atoms with Crippen molar-refractivity contribution in [1.82, 2.24) is 20.1 Å². The van der Waals surface area contributed by atoms with Crippen LogP contribution in [0.25, 0.3) is 10.9 Å². The molecule has 2 N–H and O–H groups in total. The van der Waals surface area contributed by atoms with Gasteiger partial charge in [-0.1, -0.05) is 6.07 Å². The monoisotopic (exact) mass is 400 g/mol. The van der Waals surface area contributed by atoms with Crippen molar-refractivity contribution in [3.8, 4) is 0 Å². The van der Waals surface area contributed by atoms with Crippen LogP contribution in [0, 0.1) is 12.7 Å². The normalized spacial score (nSPS) is 23.3. The number of piperazine rings is 1. The summed E-state index contributed by atoms with van der Waals surface area (Å²) in [4.78, 5) is 31.8. The van der Waals surface area contributed by atoms with E-state index >= 15 is 0 Å². The summed E-state index contributed by atoms with van der Waals surface area (Å²) in [6.07, 6.45) is 4.08. The van der Waals surface area contributed by atoms with E-state index in [1.54, 1.807) is 19.1 Å². The summed E-state index contributed by atoms with van der Waals surface area (Å²) in [6.45, 7) is 6.87. The molecule has 0 spiro atoms. The van der Waals surface area contributed by atoms with Gasteiger partial charge in [-0.15, -0.1) is 0 Å². The minimum absolute atomic E-state index is 0.115. The van der Waals surface area contributed by atoms with Gasteiger partial charge in [0, 0.05) is 50.6 Å². The molecular formula is C22H29FN4O2. The first-order valence-electron chi connectivity index (χ1n) is 10.5. The second-order valence-corrected chi connectivity index (χ2v) is 8.37. The molecule has 1 aromatic carbocycles. The van der Waals surface area contributed by atoms with Crippen LogP contribution < -0.4 is 5.32 Å². The van der Waals surface area contributed by atoms with Gasteiger partial charge in [0.1, 0.15) is 11.5 Å². The largest absolute Gasteiger partial charge is 0.350 e. The highest BCUT2D eigenvalue weighted by Gasteiger charge is 2.30. The lowest BCUT2D eigenvalue weighted by Crippen LogP contribution is -2.54. The van der Waals surface area contributed by atoms with Crippen LogP contribution >= 0.6 is 0 Å². The smallest absolute Gasteiger partial charge is 0.267 e. The highest BCUT2D eigenvalue weighted by Crippen LogP contribution is 2.26. The zero-order valence-corrected chi connectivity index (χ0v) is 17.1. The third kappa shape index (κ3) is 4.15. The molecule has 2 aliphatic rings. The Morgan fingerprint density at radius 3 is 2.62 bits per heavy atom. The lowest BCUT2D eigenvalue weighted by molar-refractivity contribution is -0.131. The first-order valence-corrected chi connectivity index (χ1v) is 10.5. The van der Waals surface area contributed by atoms with Crippen molar-refractivity contribution in [1.29, 1.82) is 0 Å². The van der Waals surface area contributed by atoms with Gasteiger partial charge in [-0.3, -0.25) is 14.5 Å². The summed E-state index contributed by atoms with van der Waals surface area (Å²) in [5, 5.41) is 3.61. The van der Waals surface area contributed by atoms with E-state index in [0.29, 0.717) is 22.6 Å². The Bertz CT molecular complexity index is 878. The average molecular weight is 400 g/mol. The summed E-state index contributed by atoms with van der Waals surface area (Å²) < 4.78 is 14.1. The van der Waals surface area contributed by atoms with Gasteiger partial charge >= 0.3 is 0 Å². The molecule has 1 saturated carbocycles. The summed E-state index contributed by atoms with van der Waals surface area (Å²) in [7, 11) is 0.